The first kappa shape index (κ1) is 13.4. The molecule has 2 atom stereocenters. The molecular weight excluding hydrogens is 206 g/mol. The molecule has 1 saturated heterocycles. The summed E-state index contributed by atoms with van der Waals surface area (Å²) in [5, 5.41) is 10.3. The van der Waals surface area contributed by atoms with Crippen LogP contribution >= 0.6 is 0 Å². The Morgan fingerprint density at radius 2 is 1.62 bits per heavy atom. The summed E-state index contributed by atoms with van der Waals surface area (Å²) in [7, 11) is 0. The summed E-state index contributed by atoms with van der Waals surface area (Å²) < 4.78 is 4.94. The topological polar surface area (TPSA) is 55.7 Å². The lowest BCUT2D eigenvalue weighted by molar-refractivity contribution is -0.516. The molecule has 0 spiro atoms. The molecule has 16 heavy (non-hydrogen) atoms. The first-order valence-electron chi connectivity index (χ1n) is 6.54. The van der Waals surface area contributed by atoms with Gasteiger partial charge in [-0.2, -0.15) is 0 Å². The maximum atomic E-state index is 10.3. The Hall–Kier alpha value is -0.640. The highest BCUT2D eigenvalue weighted by Gasteiger charge is 2.49. The molecule has 0 bridgehead atoms. The van der Waals surface area contributed by atoms with Gasteiger partial charge in [0.05, 0.1) is 4.92 Å². The van der Waals surface area contributed by atoms with E-state index in [-0.39, 0.29) is 11.0 Å². The number of unbranched alkanes of at least 4 members (excludes halogenated alkanes) is 7. The Kier molecular flexibility index (Phi) is 6.38. The second-order valence-electron chi connectivity index (χ2n) is 4.61. The molecule has 1 aliphatic rings. The van der Waals surface area contributed by atoms with Crippen LogP contribution in [-0.2, 0) is 4.74 Å². The number of hydrogen-bond donors (Lipinski definition) is 0. The average Bonchev–Trinajstić information content (AvgIpc) is 3.01. The molecule has 0 aliphatic carbocycles. The van der Waals surface area contributed by atoms with Crippen LogP contribution in [0.5, 0.6) is 0 Å². The summed E-state index contributed by atoms with van der Waals surface area (Å²) in [6, 6.07) is 0. The van der Waals surface area contributed by atoms with E-state index in [1.54, 1.807) is 0 Å². The van der Waals surface area contributed by atoms with Gasteiger partial charge in [0.2, 0.25) is 0 Å². The van der Waals surface area contributed by atoms with Crippen molar-refractivity contribution in [2.24, 2.45) is 0 Å². The molecule has 0 radical (unpaired) electrons. The van der Waals surface area contributed by atoms with E-state index in [1.165, 1.54) is 44.9 Å². The fourth-order valence-electron chi connectivity index (χ4n) is 2.01. The zero-order valence-corrected chi connectivity index (χ0v) is 10.2. The first-order chi connectivity index (χ1) is 7.75. The van der Waals surface area contributed by atoms with Crippen molar-refractivity contribution in [3.63, 3.8) is 0 Å². The van der Waals surface area contributed by atoms with Crippen molar-refractivity contribution in [3.05, 3.63) is 10.1 Å². The largest absolute Gasteiger partial charge is 0.342 e. The minimum absolute atomic E-state index is 0.0879. The van der Waals surface area contributed by atoms with Crippen LogP contribution in [0.15, 0.2) is 0 Å². The van der Waals surface area contributed by atoms with Crippen LogP contribution in [-0.4, -0.2) is 17.3 Å². The first-order valence-corrected chi connectivity index (χ1v) is 6.54. The normalized spacial score (nSPS) is 23.3. The number of hydrogen-bond acceptors (Lipinski definition) is 3. The molecule has 4 nitrogen and oxygen atoms in total. The van der Waals surface area contributed by atoms with Crippen LogP contribution in [0.4, 0.5) is 0 Å². The number of nitro groups is 1. The van der Waals surface area contributed by atoms with Crippen molar-refractivity contribution in [1.29, 1.82) is 0 Å². The Morgan fingerprint density at radius 1 is 1.06 bits per heavy atom. The van der Waals surface area contributed by atoms with Crippen molar-refractivity contribution in [2.45, 2.75) is 77.0 Å². The molecular formula is C12H23NO3. The predicted octanol–water partition coefficient (Wildman–Crippen LogP) is 3.52. The van der Waals surface area contributed by atoms with E-state index in [0.29, 0.717) is 0 Å². The Bertz CT molecular complexity index is 208. The highest BCUT2D eigenvalue weighted by atomic mass is 16.7. The number of rotatable bonds is 10. The third-order valence-corrected chi connectivity index (χ3v) is 3.11. The standard InChI is InChI=1S/C12H23NO3/c1-2-3-4-5-6-7-8-9-10-11-12(16-11)13(14)15/h11-12H,2-10H2,1H3. The van der Waals surface area contributed by atoms with Gasteiger partial charge in [-0.25, -0.2) is 0 Å². The highest BCUT2D eigenvalue weighted by Crippen LogP contribution is 2.27. The number of epoxide rings is 1. The molecule has 0 aromatic heterocycles. The quantitative estimate of drug-likeness (QED) is 0.249. The lowest BCUT2D eigenvalue weighted by Crippen LogP contribution is -2.06. The molecule has 2 unspecified atom stereocenters. The zero-order chi connectivity index (χ0) is 11.8. The van der Waals surface area contributed by atoms with E-state index < -0.39 is 6.23 Å². The van der Waals surface area contributed by atoms with Crippen LogP contribution in [0, 0.1) is 10.1 Å². The summed E-state index contributed by atoms with van der Waals surface area (Å²) in [4.78, 5) is 9.96. The summed E-state index contributed by atoms with van der Waals surface area (Å²) in [5.41, 5.74) is 0. The van der Waals surface area contributed by atoms with E-state index in [2.05, 4.69) is 6.92 Å². The van der Waals surface area contributed by atoms with Gasteiger partial charge in [0.25, 0.3) is 0 Å². The maximum absolute atomic E-state index is 10.3. The van der Waals surface area contributed by atoms with Crippen molar-refractivity contribution in [1.82, 2.24) is 0 Å². The monoisotopic (exact) mass is 229 g/mol. The van der Waals surface area contributed by atoms with Gasteiger partial charge in [-0.3, -0.25) is 10.1 Å². The highest BCUT2D eigenvalue weighted by molar-refractivity contribution is 4.75. The van der Waals surface area contributed by atoms with Crippen LogP contribution in [0.3, 0.4) is 0 Å². The molecule has 1 fully saturated rings. The molecule has 1 aliphatic heterocycles. The van der Waals surface area contributed by atoms with Gasteiger partial charge >= 0.3 is 6.23 Å². The zero-order valence-electron chi connectivity index (χ0n) is 10.2. The Labute approximate surface area is 97.5 Å². The van der Waals surface area contributed by atoms with Crippen molar-refractivity contribution >= 4 is 0 Å². The molecule has 1 heterocycles. The summed E-state index contributed by atoms with van der Waals surface area (Å²) in [5.74, 6) is 0. The average molecular weight is 229 g/mol. The molecule has 94 valence electrons. The molecule has 0 aromatic carbocycles. The second kappa shape index (κ2) is 7.60. The van der Waals surface area contributed by atoms with Gasteiger partial charge in [-0.1, -0.05) is 58.3 Å². The third-order valence-electron chi connectivity index (χ3n) is 3.11. The minimum Gasteiger partial charge on any atom is -0.302 e. The Morgan fingerprint density at radius 3 is 2.12 bits per heavy atom. The van der Waals surface area contributed by atoms with Gasteiger partial charge in [0.15, 0.2) is 6.10 Å². The number of ether oxygens (including phenoxy) is 1. The van der Waals surface area contributed by atoms with Crippen molar-refractivity contribution < 1.29 is 9.66 Å². The van der Waals surface area contributed by atoms with Gasteiger partial charge < -0.3 is 4.74 Å². The lowest BCUT2D eigenvalue weighted by Gasteiger charge is -1.99. The SMILES string of the molecule is CCCCCCCCCCC1OC1[N+](=O)[O-]. The summed E-state index contributed by atoms with van der Waals surface area (Å²) >= 11 is 0. The van der Waals surface area contributed by atoms with E-state index >= 15 is 0 Å². The minimum atomic E-state index is -0.690. The van der Waals surface area contributed by atoms with E-state index in [9.17, 15) is 10.1 Å². The summed E-state index contributed by atoms with van der Waals surface area (Å²) in [6.07, 6.45) is 10.3. The predicted molar refractivity (Wildman–Crippen MR) is 62.9 cm³/mol. The molecule has 0 saturated carbocycles. The smallest absolute Gasteiger partial charge is 0.302 e. The molecule has 0 aromatic rings. The fraction of sp³-hybridized carbons (Fsp3) is 1.00. The molecule has 4 heteroatoms. The van der Waals surface area contributed by atoms with Crippen molar-refractivity contribution in [3.8, 4) is 0 Å². The van der Waals surface area contributed by atoms with Crippen LogP contribution in [0.1, 0.15) is 64.7 Å². The summed E-state index contributed by atoms with van der Waals surface area (Å²) in [6.45, 7) is 2.22. The van der Waals surface area contributed by atoms with Gasteiger partial charge in [-0.05, 0) is 6.42 Å². The molecule has 0 N–H and O–H groups in total. The van der Waals surface area contributed by atoms with E-state index in [1.807, 2.05) is 0 Å². The molecule has 0 amide bonds. The van der Waals surface area contributed by atoms with E-state index in [4.69, 9.17) is 4.74 Å². The lowest BCUT2D eigenvalue weighted by atomic mass is 10.1. The van der Waals surface area contributed by atoms with Gasteiger partial charge in [0, 0.05) is 0 Å². The van der Waals surface area contributed by atoms with Crippen molar-refractivity contribution in [2.75, 3.05) is 0 Å². The number of nitrogens with zero attached hydrogens (tertiary/aromatic N) is 1. The third kappa shape index (κ3) is 5.45. The Balaban J connectivity index is 1.78. The second-order valence-corrected chi connectivity index (χ2v) is 4.61. The fourth-order valence-corrected chi connectivity index (χ4v) is 2.01. The van der Waals surface area contributed by atoms with E-state index in [0.717, 1.165) is 12.8 Å². The maximum Gasteiger partial charge on any atom is 0.342 e. The van der Waals surface area contributed by atoms with Gasteiger partial charge in [0.1, 0.15) is 0 Å². The van der Waals surface area contributed by atoms with Crippen LogP contribution in [0.2, 0.25) is 0 Å². The van der Waals surface area contributed by atoms with Crippen LogP contribution in [0.25, 0.3) is 0 Å². The van der Waals surface area contributed by atoms with Gasteiger partial charge in [-0.15, -0.1) is 0 Å². The molecule has 1 rings (SSSR count). The van der Waals surface area contributed by atoms with Crippen LogP contribution < -0.4 is 0 Å².